The first-order valence-corrected chi connectivity index (χ1v) is 9.59. The second kappa shape index (κ2) is 8.19. The van der Waals surface area contributed by atoms with Crippen molar-refractivity contribution in [2.24, 2.45) is 0 Å². The predicted octanol–water partition coefficient (Wildman–Crippen LogP) is 1.12. The minimum Gasteiger partial charge on any atom is -0.267 e. The zero-order chi connectivity index (χ0) is 22.0. The van der Waals surface area contributed by atoms with E-state index in [4.69, 9.17) is 0 Å². The molecule has 4 aromatic rings. The Morgan fingerprint density at radius 1 is 0.871 bits per heavy atom. The molecule has 0 saturated carbocycles. The Labute approximate surface area is 174 Å². The molecule has 0 unspecified atom stereocenters. The SMILES string of the molecule is CCCn1nc(C(=O)NNC(=O)c2n[nH]c(=O)c3ccccc23)c2ccccc2c1=O. The molecule has 2 aromatic carbocycles. The van der Waals surface area contributed by atoms with Gasteiger partial charge in [0, 0.05) is 17.3 Å². The van der Waals surface area contributed by atoms with Crippen molar-refractivity contribution in [2.45, 2.75) is 19.9 Å². The molecule has 0 atom stereocenters. The van der Waals surface area contributed by atoms with Crippen LogP contribution in [-0.2, 0) is 6.54 Å². The van der Waals surface area contributed by atoms with E-state index < -0.39 is 17.4 Å². The molecule has 0 aliphatic heterocycles. The molecule has 31 heavy (non-hydrogen) atoms. The van der Waals surface area contributed by atoms with Crippen molar-refractivity contribution in [3.8, 4) is 0 Å². The number of rotatable bonds is 4. The molecular weight excluding hydrogens is 400 g/mol. The van der Waals surface area contributed by atoms with Crippen molar-refractivity contribution in [1.82, 2.24) is 30.8 Å². The number of carbonyl (C=O) groups excluding carboxylic acids is 2. The van der Waals surface area contributed by atoms with E-state index in [1.165, 1.54) is 4.68 Å². The number of hydrogen-bond donors (Lipinski definition) is 3. The zero-order valence-electron chi connectivity index (χ0n) is 16.5. The van der Waals surface area contributed by atoms with Crippen molar-refractivity contribution in [2.75, 3.05) is 0 Å². The van der Waals surface area contributed by atoms with Crippen LogP contribution < -0.4 is 22.0 Å². The average molecular weight is 418 g/mol. The Morgan fingerprint density at radius 3 is 2.06 bits per heavy atom. The van der Waals surface area contributed by atoms with Gasteiger partial charge in [-0.15, -0.1) is 0 Å². The number of nitrogens with one attached hydrogen (secondary N) is 3. The van der Waals surface area contributed by atoms with E-state index >= 15 is 0 Å². The largest absolute Gasteiger partial charge is 0.290 e. The Hall–Kier alpha value is -4.34. The number of hydrogen-bond acceptors (Lipinski definition) is 6. The van der Waals surface area contributed by atoms with Gasteiger partial charge in [-0.3, -0.25) is 30.0 Å². The average Bonchev–Trinajstić information content (AvgIpc) is 2.79. The monoisotopic (exact) mass is 418 g/mol. The molecular formula is C21H18N6O4. The molecule has 0 radical (unpaired) electrons. The zero-order valence-corrected chi connectivity index (χ0v) is 16.5. The van der Waals surface area contributed by atoms with Gasteiger partial charge >= 0.3 is 0 Å². The molecule has 4 rings (SSSR count). The van der Waals surface area contributed by atoms with E-state index in [2.05, 4.69) is 26.1 Å². The van der Waals surface area contributed by atoms with E-state index in [1.807, 2.05) is 6.92 Å². The first kappa shape index (κ1) is 20.0. The highest BCUT2D eigenvalue weighted by Gasteiger charge is 2.19. The number of fused-ring (bicyclic) bond motifs is 2. The van der Waals surface area contributed by atoms with Gasteiger partial charge in [0.05, 0.1) is 10.8 Å². The highest BCUT2D eigenvalue weighted by atomic mass is 16.2. The van der Waals surface area contributed by atoms with Gasteiger partial charge in [-0.25, -0.2) is 9.78 Å². The van der Waals surface area contributed by atoms with Gasteiger partial charge in [-0.1, -0.05) is 43.3 Å². The van der Waals surface area contributed by atoms with Gasteiger partial charge in [-0.05, 0) is 18.6 Å². The molecule has 0 aliphatic carbocycles. The first-order valence-electron chi connectivity index (χ1n) is 9.59. The summed E-state index contributed by atoms with van der Waals surface area (Å²) < 4.78 is 1.23. The molecule has 2 aromatic heterocycles. The fourth-order valence-corrected chi connectivity index (χ4v) is 3.29. The number of H-pyrrole nitrogens is 1. The quantitative estimate of drug-likeness (QED) is 0.425. The summed E-state index contributed by atoms with van der Waals surface area (Å²) in [4.78, 5) is 49.8. The maximum absolute atomic E-state index is 12.8. The minimum atomic E-state index is -0.716. The third kappa shape index (κ3) is 3.66. The molecule has 3 N–H and O–H groups in total. The van der Waals surface area contributed by atoms with Crippen LogP contribution in [0, 0.1) is 0 Å². The normalized spacial score (nSPS) is 10.9. The van der Waals surface area contributed by atoms with Crippen LogP contribution in [0.25, 0.3) is 21.5 Å². The third-order valence-corrected chi connectivity index (χ3v) is 4.72. The van der Waals surface area contributed by atoms with Crippen LogP contribution in [0.3, 0.4) is 0 Å². The van der Waals surface area contributed by atoms with Gasteiger partial charge in [0.1, 0.15) is 0 Å². The van der Waals surface area contributed by atoms with Gasteiger partial charge < -0.3 is 0 Å². The van der Waals surface area contributed by atoms with Crippen molar-refractivity contribution >= 4 is 33.4 Å². The van der Waals surface area contributed by atoms with Crippen LogP contribution in [0.15, 0.2) is 58.1 Å². The first-order chi connectivity index (χ1) is 15.0. The second-order valence-corrected chi connectivity index (χ2v) is 6.78. The number of benzene rings is 2. The number of aryl methyl sites for hydroxylation is 1. The van der Waals surface area contributed by atoms with Crippen LogP contribution in [0.1, 0.15) is 34.3 Å². The van der Waals surface area contributed by atoms with Crippen molar-refractivity contribution < 1.29 is 9.59 Å². The van der Waals surface area contributed by atoms with Gasteiger partial charge in [-0.2, -0.15) is 10.2 Å². The Kier molecular flexibility index (Phi) is 5.27. The van der Waals surface area contributed by atoms with Crippen LogP contribution in [0.4, 0.5) is 0 Å². The lowest BCUT2D eigenvalue weighted by Crippen LogP contribution is -2.43. The molecule has 2 amide bonds. The summed E-state index contributed by atoms with van der Waals surface area (Å²) in [6.45, 7) is 2.24. The highest BCUT2D eigenvalue weighted by molar-refractivity contribution is 6.08. The van der Waals surface area contributed by atoms with Crippen LogP contribution in [0.2, 0.25) is 0 Å². The summed E-state index contributed by atoms with van der Waals surface area (Å²) in [6, 6.07) is 13.1. The summed E-state index contributed by atoms with van der Waals surface area (Å²) in [7, 11) is 0. The number of hydrazine groups is 1. The maximum Gasteiger partial charge on any atom is 0.290 e. The lowest BCUT2D eigenvalue weighted by molar-refractivity contribution is 0.0841. The molecule has 10 heteroatoms. The summed E-state index contributed by atoms with van der Waals surface area (Å²) in [6.07, 6.45) is 0.661. The lowest BCUT2D eigenvalue weighted by Gasteiger charge is -2.11. The molecule has 0 saturated heterocycles. The third-order valence-electron chi connectivity index (χ3n) is 4.72. The molecule has 0 aliphatic rings. The van der Waals surface area contributed by atoms with E-state index in [-0.39, 0.29) is 16.9 Å². The topological polar surface area (TPSA) is 139 Å². The second-order valence-electron chi connectivity index (χ2n) is 6.78. The minimum absolute atomic E-state index is 0.00300. The summed E-state index contributed by atoms with van der Waals surface area (Å²) in [5, 5.41) is 11.6. The van der Waals surface area contributed by atoms with E-state index in [1.54, 1.807) is 48.5 Å². The Morgan fingerprint density at radius 2 is 1.42 bits per heavy atom. The number of amides is 2. The van der Waals surface area contributed by atoms with E-state index in [9.17, 15) is 19.2 Å². The number of aromatic nitrogens is 4. The van der Waals surface area contributed by atoms with Gasteiger partial charge in [0.2, 0.25) is 0 Å². The predicted molar refractivity (Wildman–Crippen MR) is 114 cm³/mol. The molecule has 156 valence electrons. The van der Waals surface area contributed by atoms with Gasteiger partial charge in [0.15, 0.2) is 11.4 Å². The molecule has 2 heterocycles. The summed E-state index contributed by atoms with van der Waals surface area (Å²) in [5.41, 5.74) is 3.83. The maximum atomic E-state index is 12.8. The molecule has 0 spiro atoms. The van der Waals surface area contributed by atoms with Crippen LogP contribution in [-0.4, -0.2) is 31.8 Å². The number of carbonyl (C=O) groups is 2. The lowest BCUT2D eigenvalue weighted by atomic mass is 10.1. The van der Waals surface area contributed by atoms with Crippen molar-refractivity contribution in [3.05, 3.63) is 80.6 Å². The van der Waals surface area contributed by atoms with Gasteiger partial charge in [0.25, 0.3) is 22.9 Å². The Balaban J connectivity index is 1.64. The van der Waals surface area contributed by atoms with Crippen LogP contribution >= 0.6 is 0 Å². The van der Waals surface area contributed by atoms with Crippen LogP contribution in [0.5, 0.6) is 0 Å². The summed E-state index contributed by atoms with van der Waals surface area (Å²) in [5.74, 6) is -1.41. The highest BCUT2D eigenvalue weighted by Crippen LogP contribution is 2.14. The Bertz CT molecular complexity index is 1440. The number of aromatic amines is 1. The number of nitrogens with zero attached hydrogens (tertiary/aromatic N) is 3. The standard InChI is InChI=1S/C21H18N6O4/c1-2-11-27-21(31)15-10-6-4-8-13(15)17(26-27)20(30)25-24-19(29)16-12-7-3-5-9-14(12)18(28)23-22-16/h3-10H,2,11H2,1H3,(H,23,28)(H,24,29)(H,25,30). The molecule has 10 nitrogen and oxygen atoms in total. The molecule has 0 bridgehead atoms. The van der Waals surface area contributed by atoms with Crippen molar-refractivity contribution in [3.63, 3.8) is 0 Å². The fourth-order valence-electron chi connectivity index (χ4n) is 3.29. The molecule has 0 fully saturated rings. The summed E-state index contributed by atoms with van der Waals surface area (Å²) >= 11 is 0. The smallest absolute Gasteiger partial charge is 0.267 e. The van der Waals surface area contributed by atoms with Crippen molar-refractivity contribution in [1.29, 1.82) is 0 Å². The van der Waals surface area contributed by atoms with E-state index in [0.717, 1.165) is 0 Å². The fraction of sp³-hybridized carbons (Fsp3) is 0.143. The van der Waals surface area contributed by atoms with E-state index in [0.29, 0.717) is 34.5 Å².